The van der Waals surface area contributed by atoms with E-state index in [0.717, 1.165) is 0 Å². The second-order valence-corrected chi connectivity index (χ2v) is 7.30. The van der Waals surface area contributed by atoms with Gasteiger partial charge < -0.3 is 29.3 Å². The quantitative estimate of drug-likeness (QED) is 0.249. The van der Waals surface area contributed by atoms with E-state index in [0.29, 0.717) is 5.56 Å². The number of aliphatic hydroxyl groups is 3. The van der Waals surface area contributed by atoms with E-state index in [1.165, 1.54) is 0 Å². The van der Waals surface area contributed by atoms with Crippen molar-refractivity contribution in [3.05, 3.63) is 35.9 Å². The van der Waals surface area contributed by atoms with Crippen LogP contribution in [-0.2, 0) is 46.1 Å². The molecular formula is C13H18NO11S2-. The molecule has 1 aromatic carbocycles. The Morgan fingerprint density at radius 1 is 1.37 bits per heavy atom. The summed E-state index contributed by atoms with van der Waals surface area (Å²) in [6.45, 7) is -0.985. The first-order chi connectivity index (χ1) is 12.5. The minimum Gasteiger partial charge on any atom is -0.750 e. The van der Waals surface area contributed by atoms with E-state index in [9.17, 15) is 32.5 Å². The van der Waals surface area contributed by atoms with Crippen molar-refractivity contribution in [2.45, 2.75) is 37.0 Å². The van der Waals surface area contributed by atoms with Crippen LogP contribution in [0, 0.1) is 0 Å². The zero-order valence-electron chi connectivity index (χ0n) is 13.6. The highest BCUT2D eigenvalue weighted by Gasteiger charge is 2.58. The van der Waals surface area contributed by atoms with E-state index in [-0.39, 0.29) is 6.61 Å². The Kier molecular flexibility index (Phi) is 7.40. The fraction of sp³-hybridized carbons (Fsp3) is 0.538. The van der Waals surface area contributed by atoms with Gasteiger partial charge in [0.2, 0.25) is 6.29 Å². The second-order valence-electron chi connectivity index (χ2n) is 5.52. The molecule has 154 valence electrons. The molecule has 1 aliphatic heterocycles. The lowest BCUT2D eigenvalue weighted by Crippen LogP contribution is -2.68. The summed E-state index contributed by atoms with van der Waals surface area (Å²) in [5.41, 5.74) is 0.545. The van der Waals surface area contributed by atoms with E-state index < -0.39 is 58.7 Å². The number of aliphatic hydroxyl groups excluding tert-OH is 3. The first kappa shape index (κ1) is 22.3. The largest absolute Gasteiger partial charge is 0.750 e. The van der Waals surface area contributed by atoms with Gasteiger partial charge in [0.15, 0.2) is 0 Å². The van der Waals surface area contributed by atoms with Gasteiger partial charge in [0, 0.05) is 0 Å². The molecule has 12 nitrogen and oxygen atoms in total. The summed E-state index contributed by atoms with van der Waals surface area (Å²) >= 11 is -3.04. The lowest BCUT2D eigenvalue weighted by Gasteiger charge is -2.46. The minimum absolute atomic E-state index is 0.297. The van der Waals surface area contributed by atoms with E-state index in [2.05, 4.69) is 8.37 Å². The average Bonchev–Trinajstić information content (AvgIpc) is 2.58. The van der Waals surface area contributed by atoms with Crippen LogP contribution in [0.2, 0.25) is 0 Å². The molecule has 1 heterocycles. The van der Waals surface area contributed by atoms with Crippen molar-refractivity contribution < 1.29 is 50.3 Å². The van der Waals surface area contributed by atoms with Crippen molar-refractivity contribution in [1.29, 1.82) is 0 Å². The summed E-state index contributed by atoms with van der Waals surface area (Å²) in [5.74, 6) is -2.61. The number of hydrogen-bond donors (Lipinski definition) is 4. The Morgan fingerprint density at radius 2 is 2.00 bits per heavy atom. The molecule has 5 N–H and O–H groups in total. The molecule has 0 aliphatic carbocycles. The van der Waals surface area contributed by atoms with Crippen LogP contribution in [0.25, 0.3) is 0 Å². The number of ether oxygens (including phenoxy) is 2. The number of hydrogen-bond acceptors (Lipinski definition) is 11. The van der Waals surface area contributed by atoms with E-state index in [1.807, 2.05) is 0 Å². The van der Waals surface area contributed by atoms with Gasteiger partial charge in [0.05, 0.1) is 24.6 Å². The molecular weight excluding hydrogens is 410 g/mol. The number of benzene rings is 1. The highest BCUT2D eigenvalue weighted by molar-refractivity contribution is 7.84. The molecule has 2 unspecified atom stereocenters. The normalized spacial score (nSPS) is 31.4. The average molecular weight is 428 g/mol. The third-order valence-electron chi connectivity index (χ3n) is 3.67. The zero-order valence-corrected chi connectivity index (χ0v) is 15.2. The Morgan fingerprint density at radius 3 is 2.56 bits per heavy atom. The monoisotopic (exact) mass is 428 g/mol. The summed E-state index contributed by atoms with van der Waals surface area (Å²) in [6, 6.07) is 8.31. The summed E-state index contributed by atoms with van der Waals surface area (Å²) in [5, 5.41) is 35.3. The van der Waals surface area contributed by atoms with Gasteiger partial charge >= 0.3 is 10.3 Å². The van der Waals surface area contributed by atoms with Gasteiger partial charge in [-0.25, -0.2) is 13.5 Å². The third-order valence-corrected chi connectivity index (χ3v) is 4.52. The summed E-state index contributed by atoms with van der Waals surface area (Å²) < 4.78 is 62.7. The van der Waals surface area contributed by atoms with Crippen molar-refractivity contribution >= 4 is 21.7 Å². The van der Waals surface area contributed by atoms with Crippen molar-refractivity contribution in [3.63, 3.8) is 0 Å². The third kappa shape index (κ3) is 5.72. The highest BCUT2D eigenvalue weighted by atomic mass is 32.2. The Bertz CT molecular complexity index is 746. The van der Waals surface area contributed by atoms with E-state index >= 15 is 0 Å². The Labute approximate surface area is 157 Å². The molecule has 6 atom stereocenters. The van der Waals surface area contributed by atoms with Gasteiger partial charge in [-0.15, -0.1) is 0 Å². The van der Waals surface area contributed by atoms with Crippen LogP contribution in [0.5, 0.6) is 0 Å². The molecule has 0 bridgehead atoms. The zero-order chi connectivity index (χ0) is 20.2. The molecule has 27 heavy (non-hydrogen) atoms. The molecule has 0 amide bonds. The van der Waals surface area contributed by atoms with Gasteiger partial charge in [0.1, 0.15) is 18.3 Å². The minimum atomic E-state index is -4.70. The summed E-state index contributed by atoms with van der Waals surface area (Å²) in [7, 11) is -4.70. The summed E-state index contributed by atoms with van der Waals surface area (Å²) in [6.07, 6.45) is -8.13. The maximum Gasteiger partial charge on any atom is 0.335 e. The predicted octanol–water partition coefficient (Wildman–Crippen LogP) is -2.63. The molecule has 0 radical (unpaired) electrons. The lowest BCUT2D eigenvalue weighted by atomic mass is 9.96. The molecule has 1 fully saturated rings. The van der Waals surface area contributed by atoms with Crippen LogP contribution in [0.1, 0.15) is 5.56 Å². The fourth-order valence-electron chi connectivity index (χ4n) is 2.40. The maximum atomic E-state index is 11.1. The van der Waals surface area contributed by atoms with Gasteiger partial charge in [-0.1, -0.05) is 30.3 Å². The van der Waals surface area contributed by atoms with Crippen LogP contribution in [-0.4, -0.2) is 69.5 Å². The Hall–Kier alpha value is -1.04. The number of nitrogens with two attached hydrogens (primary N) is 1. The van der Waals surface area contributed by atoms with Crippen molar-refractivity contribution in [2.24, 2.45) is 5.14 Å². The van der Waals surface area contributed by atoms with Crippen molar-refractivity contribution in [2.75, 3.05) is 6.61 Å². The van der Waals surface area contributed by atoms with Crippen LogP contribution >= 0.6 is 0 Å². The van der Waals surface area contributed by atoms with Crippen LogP contribution in [0.3, 0.4) is 0 Å². The standard InChI is InChI=1S/C13H19NO11S2/c14-27(20,21)25-12(17)13(22-6-8-4-2-1-3-5-8)11(16)10(15)9(7-23-13)24-26(18)19/h1-5,9-12,15-17H,6-7H2,(H,18,19)(H2,14,20,21)/p-1/t9-,10-,11+,12?,13+/m1/s1. The first-order valence-electron chi connectivity index (χ1n) is 7.38. The van der Waals surface area contributed by atoms with Crippen molar-refractivity contribution in [1.82, 2.24) is 0 Å². The lowest BCUT2D eigenvalue weighted by molar-refractivity contribution is -0.395. The van der Waals surface area contributed by atoms with Crippen LogP contribution in [0.4, 0.5) is 0 Å². The highest BCUT2D eigenvalue weighted by Crippen LogP contribution is 2.34. The molecule has 0 aromatic heterocycles. The molecule has 1 aromatic rings. The van der Waals surface area contributed by atoms with Gasteiger partial charge in [0.25, 0.3) is 5.79 Å². The maximum absolute atomic E-state index is 11.1. The molecule has 0 saturated carbocycles. The molecule has 14 heteroatoms. The predicted molar refractivity (Wildman–Crippen MR) is 85.9 cm³/mol. The van der Waals surface area contributed by atoms with Gasteiger partial charge in [-0.05, 0) is 5.56 Å². The van der Waals surface area contributed by atoms with E-state index in [4.69, 9.17) is 14.6 Å². The second kappa shape index (κ2) is 8.97. The SMILES string of the molecule is NS(=O)(=O)OC(O)[C@@]1(OCc2ccccc2)OC[C@@H](OS(=O)[O-])[C@@H](O)[C@@H]1O. The topological polar surface area (TPSA) is 198 Å². The van der Waals surface area contributed by atoms with E-state index in [1.54, 1.807) is 30.3 Å². The summed E-state index contributed by atoms with van der Waals surface area (Å²) in [4.78, 5) is 0. The first-order valence-corrected chi connectivity index (χ1v) is 9.86. The van der Waals surface area contributed by atoms with Gasteiger partial charge in [-0.3, -0.25) is 4.18 Å². The number of rotatable bonds is 8. The van der Waals surface area contributed by atoms with Gasteiger partial charge in [-0.2, -0.15) is 8.42 Å². The smallest absolute Gasteiger partial charge is 0.335 e. The Balaban J connectivity index is 2.27. The van der Waals surface area contributed by atoms with Crippen LogP contribution < -0.4 is 5.14 Å². The van der Waals surface area contributed by atoms with Crippen LogP contribution in [0.15, 0.2) is 30.3 Å². The molecule has 0 spiro atoms. The fourth-order valence-corrected chi connectivity index (χ4v) is 3.16. The molecule has 1 aliphatic rings. The van der Waals surface area contributed by atoms with Crippen molar-refractivity contribution in [3.8, 4) is 0 Å². The molecule has 1 saturated heterocycles. The molecule has 2 rings (SSSR count).